The average Bonchev–Trinajstić information content (AvgIpc) is 2.79. The summed E-state index contributed by atoms with van der Waals surface area (Å²) in [5.74, 6) is 0.0746. The van der Waals surface area contributed by atoms with Crippen LogP contribution in [0.4, 0.5) is 0 Å². The first-order chi connectivity index (χ1) is 8.13. The number of hydrogen-bond donors (Lipinski definition) is 2. The van der Waals surface area contributed by atoms with Gasteiger partial charge in [0, 0.05) is 10.9 Å². The molecule has 4 heteroatoms. The molecule has 0 aliphatic carbocycles. The minimum absolute atomic E-state index is 0.0746. The number of carbonyl (C=O) groups is 1. The fourth-order valence-electron chi connectivity index (χ4n) is 1.61. The highest BCUT2D eigenvalue weighted by atomic mass is 32.1. The quantitative estimate of drug-likeness (QED) is 0.785. The minimum Gasteiger partial charge on any atom is -0.347 e. The normalized spacial score (nSPS) is 12.7. The van der Waals surface area contributed by atoms with Crippen LogP contribution in [0.3, 0.4) is 0 Å². The van der Waals surface area contributed by atoms with Crippen LogP contribution < -0.4 is 10.6 Å². The molecule has 1 unspecified atom stereocenters. The zero-order chi connectivity index (χ0) is 12.7. The van der Waals surface area contributed by atoms with Gasteiger partial charge in [0.05, 0.1) is 12.6 Å². The summed E-state index contributed by atoms with van der Waals surface area (Å²) in [7, 11) is 0. The third kappa shape index (κ3) is 5.33. The lowest BCUT2D eigenvalue weighted by Crippen LogP contribution is -2.38. The topological polar surface area (TPSA) is 41.1 Å². The fraction of sp³-hybridized carbons (Fsp3) is 0.615. The average molecular weight is 254 g/mol. The molecule has 1 atom stereocenters. The Kier molecular flexibility index (Phi) is 6.22. The van der Waals surface area contributed by atoms with E-state index < -0.39 is 0 Å². The molecule has 1 aromatic rings. The van der Waals surface area contributed by atoms with Gasteiger partial charge in [0.15, 0.2) is 0 Å². The van der Waals surface area contributed by atoms with Crippen molar-refractivity contribution < 1.29 is 4.79 Å². The number of hydrogen-bond acceptors (Lipinski definition) is 3. The number of rotatable bonds is 7. The van der Waals surface area contributed by atoms with Crippen LogP contribution in [0.15, 0.2) is 17.5 Å². The summed E-state index contributed by atoms with van der Waals surface area (Å²) in [6.45, 7) is 6.61. The molecule has 0 saturated heterocycles. The molecule has 1 aromatic heterocycles. The molecule has 0 aliphatic rings. The fourth-order valence-corrected chi connectivity index (χ4v) is 2.42. The summed E-state index contributed by atoms with van der Waals surface area (Å²) < 4.78 is 0. The van der Waals surface area contributed by atoms with Crippen LogP contribution in [0.5, 0.6) is 0 Å². The van der Waals surface area contributed by atoms with Crippen molar-refractivity contribution in [2.75, 3.05) is 6.54 Å². The Labute approximate surface area is 108 Å². The van der Waals surface area contributed by atoms with Crippen LogP contribution in [-0.4, -0.2) is 18.5 Å². The van der Waals surface area contributed by atoms with Crippen LogP contribution in [0, 0.1) is 0 Å². The highest BCUT2D eigenvalue weighted by molar-refractivity contribution is 7.10. The van der Waals surface area contributed by atoms with E-state index in [0.717, 1.165) is 12.8 Å². The predicted octanol–water partition coefficient (Wildman–Crippen LogP) is 2.70. The first-order valence-electron chi connectivity index (χ1n) is 6.19. The molecule has 0 aliphatic heterocycles. The van der Waals surface area contributed by atoms with Gasteiger partial charge in [0.25, 0.3) is 0 Å². The van der Waals surface area contributed by atoms with E-state index in [9.17, 15) is 4.79 Å². The number of amides is 1. The van der Waals surface area contributed by atoms with E-state index in [1.165, 1.54) is 4.88 Å². The van der Waals surface area contributed by atoms with Gasteiger partial charge >= 0.3 is 0 Å². The predicted molar refractivity (Wildman–Crippen MR) is 73.2 cm³/mol. The maximum absolute atomic E-state index is 11.8. The summed E-state index contributed by atoms with van der Waals surface area (Å²) in [5, 5.41) is 8.27. The lowest BCUT2D eigenvalue weighted by atomic mass is 10.1. The third-order valence-electron chi connectivity index (χ3n) is 2.47. The van der Waals surface area contributed by atoms with Crippen LogP contribution >= 0.6 is 11.3 Å². The molecular weight excluding hydrogens is 232 g/mol. The molecule has 0 spiro atoms. The molecule has 0 saturated carbocycles. The van der Waals surface area contributed by atoms with Gasteiger partial charge < -0.3 is 10.6 Å². The van der Waals surface area contributed by atoms with Gasteiger partial charge in [-0.1, -0.05) is 33.3 Å². The van der Waals surface area contributed by atoms with Crippen LogP contribution in [0.2, 0.25) is 0 Å². The molecule has 1 heterocycles. The van der Waals surface area contributed by atoms with E-state index in [4.69, 9.17) is 0 Å². The first kappa shape index (κ1) is 14.2. The molecule has 1 rings (SSSR count). The number of carbonyl (C=O) groups excluding carboxylic acids is 1. The van der Waals surface area contributed by atoms with E-state index in [2.05, 4.69) is 29.0 Å². The van der Waals surface area contributed by atoms with Crippen molar-refractivity contribution in [2.45, 2.75) is 45.7 Å². The van der Waals surface area contributed by atoms with E-state index in [1.54, 1.807) is 11.3 Å². The van der Waals surface area contributed by atoms with Crippen LogP contribution in [0.1, 0.15) is 44.5 Å². The van der Waals surface area contributed by atoms with Gasteiger partial charge in [-0.15, -0.1) is 11.3 Å². The zero-order valence-electron chi connectivity index (χ0n) is 10.8. The maximum Gasteiger partial charge on any atom is 0.234 e. The van der Waals surface area contributed by atoms with Crippen molar-refractivity contribution in [1.82, 2.24) is 10.6 Å². The van der Waals surface area contributed by atoms with E-state index >= 15 is 0 Å². The van der Waals surface area contributed by atoms with Gasteiger partial charge in [0.2, 0.25) is 5.91 Å². The number of thiophene rings is 1. The lowest BCUT2D eigenvalue weighted by molar-refractivity contribution is -0.121. The Morgan fingerprint density at radius 3 is 2.76 bits per heavy atom. The molecule has 1 amide bonds. The number of nitrogens with one attached hydrogen (secondary N) is 2. The van der Waals surface area contributed by atoms with Crippen molar-refractivity contribution in [1.29, 1.82) is 0 Å². The third-order valence-corrected chi connectivity index (χ3v) is 3.46. The first-order valence-corrected chi connectivity index (χ1v) is 7.07. The Hall–Kier alpha value is -0.870. The highest BCUT2D eigenvalue weighted by Gasteiger charge is 2.14. The van der Waals surface area contributed by atoms with Crippen molar-refractivity contribution >= 4 is 17.2 Å². The summed E-state index contributed by atoms with van der Waals surface area (Å²) >= 11 is 1.70. The molecule has 0 fully saturated rings. The Balaban J connectivity index is 2.47. The molecule has 0 radical (unpaired) electrons. The van der Waals surface area contributed by atoms with Crippen LogP contribution in [0.25, 0.3) is 0 Å². The van der Waals surface area contributed by atoms with E-state index in [-0.39, 0.29) is 11.9 Å². The molecule has 0 bridgehead atoms. The van der Waals surface area contributed by atoms with Gasteiger partial charge in [-0.2, -0.15) is 0 Å². The maximum atomic E-state index is 11.8. The van der Waals surface area contributed by atoms with Crippen LogP contribution in [-0.2, 0) is 4.79 Å². The molecular formula is C13H22N2OS. The molecule has 17 heavy (non-hydrogen) atoms. The SMILES string of the molecule is CCCC(NC(=O)CNC(C)C)c1cccs1. The highest BCUT2D eigenvalue weighted by Crippen LogP contribution is 2.22. The second-order valence-electron chi connectivity index (χ2n) is 4.46. The smallest absolute Gasteiger partial charge is 0.234 e. The Morgan fingerprint density at radius 1 is 1.47 bits per heavy atom. The van der Waals surface area contributed by atoms with Gasteiger partial charge in [-0.05, 0) is 17.9 Å². The lowest BCUT2D eigenvalue weighted by Gasteiger charge is -2.17. The van der Waals surface area contributed by atoms with Crippen molar-refractivity contribution in [3.05, 3.63) is 22.4 Å². The van der Waals surface area contributed by atoms with E-state index in [0.29, 0.717) is 12.6 Å². The van der Waals surface area contributed by atoms with Gasteiger partial charge in [-0.25, -0.2) is 0 Å². The molecule has 3 nitrogen and oxygen atoms in total. The minimum atomic E-state index is 0.0746. The molecule has 96 valence electrons. The second-order valence-corrected chi connectivity index (χ2v) is 5.44. The summed E-state index contributed by atoms with van der Waals surface area (Å²) in [4.78, 5) is 13.0. The Morgan fingerprint density at radius 2 is 2.24 bits per heavy atom. The van der Waals surface area contributed by atoms with E-state index in [1.807, 2.05) is 19.9 Å². The molecule has 0 aromatic carbocycles. The standard InChI is InChI=1S/C13H22N2OS/c1-4-6-11(12-7-5-8-17-12)15-13(16)9-14-10(2)3/h5,7-8,10-11,14H,4,6,9H2,1-3H3,(H,15,16). The molecule has 2 N–H and O–H groups in total. The van der Waals surface area contributed by atoms with Gasteiger partial charge in [-0.3, -0.25) is 4.79 Å². The van der Waals surface area contributed by atoms with Crippen molar-refractivity contribution in [2.24, 2.45) is 0 Å². The summed E-state index contributed by atoms with van der Waals surface area (Å²) in [6.07, 6.45) is 2.06. The Bertz CT molecular complexity index is 322. The van der Waals surface area contributed by atoms with Crippen molar-refractivity contribution in [3.63, 3.8) is 0 Å². The summed E-state index contributed by atoms with van der Waals surface area (Å²) in [6, 6.07) is 4.62. The van der Waals surface area contributed by atoms with Gasteiger partial charge in [0.1, 0.15) is 0 Å². The van der Waals surface area contributed by atoms with Crippen molar-refractivity contribution in [3.8, 4) is 0 Å². The summed E-state index contributed by atoms with van der Waals surface area (Å²) in [5.41, 5.74) is 0. The second kappa shape index (κ2) is 7.45. The largest absolute Gasteiger partial charge is 0.347 e. The zero-order valence-corrected chi connectivity index (χ0v) is 11.6. The monoisotopic (exact) mass is 254 g/mol.